The summed E-state index contributed by atoms with van der Waals surface area (Å²) in [5, 5.41) is 27.5. The lowest BCUT2D eigenvalue weighted by Gasteiger charge is -1.98. The molecule has 26 heavy (non-hydrogen) atoms. The summed E-state index contributed by atoms with van der Waals surface area (Å²) in [6.07, 6.45) is 25.6. The first-order valence-electron chi connectivity index (χ1n) is 9.20. The maximum absolute atomic E-state index is 10.4. The van der Waals surface area contributed by atoms with Crippen LogP contribution in [0, 0.1) is 0 Å². The Labute approximate surface area is 157 Å². The largest absolute Gasteiger partial charge is 0.508 e. The molecule has 0 unspecified atom stereocenters. The fourth-order valence-electron chi connectivity index (χ4n) is 1.96. The number of carbonyl (C=O) groups is 1. The van der Waals surface area contributed by atoms with Crippen LogP contribution >= 0.6 is 0 Å². The zero-order chi connectivity index (χ0) is 19.5. The number of hydrogen-bond acceptors (Lipinski definition) is 3. The minimum absolute atomic E-state index is 0.0879. The maximum Gasteiger partial charge on any atom is 0.303 e. The van der Waals surface area contributed by atoms with Gasteiger partial charge in [-0.1, -0.05) is 74.4 Å². The van der Waals surface area contributed by atoms with Crippen LogP contribution in [0.1, 0.15) is 58.3 Å². The summed E-state index contributed by atoms with van der Waals surface area (Å²) in [6.45, 7) is 2.21. The van der Waals surface area contributed by atoms with Gasteiger partial charge in [0.15, 0.2) is 5.76 Å². The Hall–Kier alpha value is -2.49. The van der Waals surface area contributed by atoms with Gasteiger partial charge >= 0.3 is 5.97 Å². The Morgan fingerprint density at radius 3 is 2.12 bits per heavy atom. The second-order valence-electron chi connectivity index (χ2n) is 5.81. The molecule has 0 aromatic heterocycles. The van der Waals surface area contributed by atoms with E-state index in [2.05, 4.69) is 31.2 Å². The van der Waals surface area contributed by atoms with Crippen LogP contribution in [0.5, 0.6) is 0 Å². The van der Waals surface area contributed by atoms with Gasteiger partial charge < -0.3 is 15.3 Å². The number of carboxylic acid groups (broad SMARTS) is 1. The van der Waals surface area contributed by atoms with Crippen molar-refractivity contribution in [3.63, 3.8) is 0 Å². The summed E-state index contributed by atoms with van der Waals surface area (Å²) < 4.78 is 0. The second-order valence-corrected chi connectivity index (χ2v) is 5.81. The van der Waals surface area contributed by atoms with Gasteiger partial charge in [-0.05, 0) is 31.8 Å². The Balaban J connectivity index is 3.91. The summed E-state index contributed by atoms with van der Waals surface area (Å²) in [5.41, 5.74) is 0. The van der Waals surface area contributed by atoms with E-state index in [-0.39, 0.29) is 24.4 Å². The Kier molecular flexibility index (Phi) is 15.7. The number of aliphatic carboxylic acids is 1. The zero-order valence-corrected chi connectivity index (χ0v) is 15.7. The smallest absolute Gasteiger partial charge is 0.303 e. The van der Waals surface area contributed by atoms with Crippen molar-refractivity contribution in [3.05, 3.63) is 72.3 Å². The summed E-state index contributed by atoms with van der Waals surface area (Å²) in [7, 11) is 0. The standard InChI is InChI=1S/C22H32O4/c1-2-3-4-5-6-7-8-9-10-11-12-13-14-15-16-17-20(23)21(24)18-19-22(25)26/h6-7,9-10,12-17,23-24H,2-5,8,11,18-19H2,1H3,(H,25,26)/b7-6-,10-9-,13-12-,15-14+,17-16+,21-20-. The summed E-state index contributed by atoms with van der Waals surface area (Å²) in [4.78, 5) is 10.4. The molecule has 0 saturated heterocycles. The molecule has 0 amide bonds. The Morgan fingerprint density at radius 2 is 1.42 bits per heavy atom. The molecule has 0 aliphatic rings. The predicted octanol–water partition coefficient (Wildman–Crippen LogP) is 6.32. The first kappa shape index (κ1) is 23.5. The molecule has 0 aliphatic carbocycles. The van der Waals surface area contributed by atoms with Crippen molar-refractivity contribution in [2.75, 3.05) is 0 Å². The van der Waals surface area contributed by atoms with E-state index in [0.29, 0.717) is 0 Å². The minimum atomic E-state index is -1.02. The van der Waals surface area contributed by atoms with Crippen molar-refractivity contribution < 1.29 is 20.1 Å². The summed E-state index contributed by atoms with van der Waals surface area (Å²) >= 11 is 0. The van der Waals surface area contributed by atoms with Gasteiger partial charge in [-0.25, -0.2) is 0 Å². The van der Waals surface area contributed by atoms with Crippen LogP contribution < -0.4 is 0 Å². The highest BCUT2D eigenvalue weighted by atomic mass is 16.4. The molecule has 0 aromatic carbocycles. The number of aliphatic hydroxyl groups excluding tert-OH is 2. The third kappa shape index (κ3) is 16.4. The quantitative estimate of drug-likeness (QED) is 0.147. The van der Waals surface area contributed by atoms with E-state index in [1.165, 1.54) is 31.8 Å². The van der Waals surface area contributed by atoms with E-state index in [1.54, 1.807) is 12.2 Å². The lowest BCUT2D eigenvalue weighted by atomic mass is 10.2. The molecule has 0 heterocycles. The van der Waals surface area contributed by atoms with Crippen LogP contribution in [-0.4, -0.2) is 21.3 Å². The summed E-state index contributed by atoms with van der Waals surface area (Å²) in [6, 6.07) is 0. The van der Waals surface area contributed by atoms with Gasteiger partial charge in [-0.2, -0.15) is 0 Å². The van der Waals surface area contributed by atoms with Crippen molar-refractivity contribution in [3.8, 4) is 0 Å². The second kappa shape index (κ2) is 17.3. The molecule has 0 atom stereocenters. The Bertz CT molecular complexity index is 548. The number of carboxylic acids is 1. The van der Waals surface area contributed by atoms with Gasteiger partial charge in [0.2, 0.25) is 0 Å². The maximum atomic E-state index is 10.4. The fraction of sp³-hybridized carbons (Fsp3) is 0.409. The Morgan fingerprint density at radius 1 is 0.769 bits per heavy atom. The first-order chi connectivity index (χ1) is 12.6. The number of unbranched alkanes of at least 4 members (excludes halogenated alkanes) is 3. The van der Waals surface area contributed by atoms with Gasteiger partial charge in [0, 0.05) is 6.42 Å². The topological polar surface area (TPSA) is 77.8 Å². The van der Waals surface area contributed by atoms with Crippen molar-refractivity contribution in [1.82, 2.24) is 0 Å². The van der Waals surface area contributed by atoms with Crippen LogP contribution in [0.4, 0.5) is 0 Å². The highest BCUT2D eigenvalue weighted by molar-refractivity contribution is 5.66. The van der Waals surface area contributed by atoms with Crippen molar-refractivity contribution in [2.24, 2.45) is 0 Å². The molecular weight excluding hydrogens is 328 g/mol. The molecule has 0 aromatic rings. The van der Waals surface area contributed by atoms with Crippen LogP contribution in [0.2, 0.25) is 0 Å². The van der Waals surface area contributed by atoms with Crippen LogP contribution in [0.25, 0.3) is 0 Å². The summed E-state index contributed by atoms with van der Waals surface area (Å²) in [5.74, 6) is -1.65. The molecule has 144 valence electrons. The van der Waals surface area contributed by atoms with Gasteiger partial charge in [-0.15, -0.1) is 0 Å². The van der Waals surface area contributed by atoms with Crippen LogP contribution in [0.15, 0.2) is 72.3 Å². The predicted molar refractivity (Wildman–Crippen MR) is 108 cm³/mol. The number of hydrogen-bond donors (Lipinski definition) is 3. The van der Waals surface area contributed by atoms with E-state index in [1.807, 2.05) is 18.2 Å². The van der Waals surface area contributed by atoms with Crippen LogP contribution in [0.3, 0.4) is 0 Å². The van der Waals surface area contributed by atoms with Crippen LogP contribution in [-0.2, 0) is 4.79 Å². The lowest BCUT2D eigenvalue weighted by molar-refractivity contribution is -0.137. The molecular formula is C22H32O4. The number of aliphatic hydroxyl groups is 2. The van der Waals surface area contributed by atoms with Gasteiger partial charge in [-0.3, -0.25) is 4.79 Å². The van der Waals surface area contributed by atoms with Crippen molar-refractivity contribution >= 4 is 5.97 Å². The SMILES string of the molecule is CCCCC/C=C\C/C=C\C\C=C/C=C/C=C/C(O)=C(/O)CCC(=O)O. The van der Waals surface area contributed by atoms with Gasteiger partial charge in [0.1, 0.15) is 5.76 Å². The molecule has 0 radical (unpaired) electrons. The normalized spacial score (nSPS) is 13.7. The number of allylic oxidation sites excluding steroid dienone is 11. The van der Waals surface area contributed by atoms with E-state index in [9.17, 15) is 15.0 Å². The van der Waals surface area contributed by atoms with Gasteiger partial charge in [0.05, 0.1) is 6.42 Å². The third-order valence-corrected chi connectivity index (χ3v) is 3.45. The average Bonchev–Trinajstić information content (AvgIpc) is 2.62. The minimum Gasteiger partial charge on any atom is -0.508 e. The molecule has 0 saturated carbocycles. The highest BCUT2D eigenvalue weighted by Crippen LogP contribution is 2.07. The van der Waals surface area contributed by atoms with Crippen molar-refractivity contribution in [2.45, 2.75) is 58.3 Å². The first-order valence-corrected chi connectivity index (χ1v) is 9.20. The molecule has 0 bridgehead atoms. The van der Waals surface area contributed by atoms with E-state index in [4.69, 9.17) is 5.11 Å². The average molecular weight is 360 g/mol. The number of rotatable bonds is 14. The van der Waals surface area contributed by atoms with E-state index in [0.717, 1.165) is 12.8 Å². The van der Waals surface area contributed by atoms with Crippen molar-refractivity contribution in [1.29, 1.82) is 0 Å². The van der Waals surface area contributed by atoms with E-state index >= 15 is 0 Å². The molecule has 3 N–H and O–H groups in total. The van der Waals surface area contributed by atoms with Gasteiger partial charge in [0.25, 0.3) is 0 Å². The molecule has 0 fully saturated rings. The zero-order valence-electron chi connectivity index (χ0n) is 15.7. The van der Waals surface area contributed by atoms with E-state index < -0.39 is 5.97 Å². The highest BCUT2D eigenvalue weighted by Gasteiger charge is 2.03. The molecule has 0 aliphatic heterocycles. The lowest BCUT2D eigenvalue weighted by Crippen LogP contribution is -1.97. The fourth-order valence-corrected chi connectivity index (χ4v) is 1.96. The molecule has 0 rings (SSSR count). The third-order valence-electron chi connectivity index (χ3n) is 3.45. The molecule has 4 heteroatoms. The monoisotopic (exact) mass is 360 g/mol. The molecule has 4 nitrogen and oxygen atoms in total. The molecule has 0 spiro atoms.